The van der Waals surface area contributed by atoms with E-state index < -0.39 is 11.6 Å². The Balaban J connectivity index is 2.25. The van der Waals surface area contributed by atoms with Crippen molar-refractivity contribution in [2.75, 3.05) is 12.8 Å². The number of anilines is 1. The summed E-state index contributed by atoms with van der Waals surface area (Å²) < 4.78 is 26.1. The zero-order valence-electron chi connectivity index (χ0n) is 10.4. The van der Waals surface area contributed by atoms with Gasteiger partial charge in [-0.05, 0) is 31.7 Å². The van der Waals surface area contributed by atoms with Crippen molar-refractivity contribution in [3.8, 4) is 0 Å². The van der Waals surface area contributed by atoms with E-state index in [2.05, 4.69) is 0 Å². The van der Waals surface area contributed by atoms with Crippen LogP contribution in [0, 0.1) is 17.6 Å². The fourth-order valence-corrected chi connectivity index (χ4v) is 2.02. The van der Waals surface area contributed by atoms with E-state index >= 15 is 0 Å². The molecular weight excluding hydrogens is 238 g/mol. The van der Waals surface area contributed by atoms with Crippen LogP contribution in [0.5, 0.6) is 0 Å². The second-order valence-electron chi connectivity index (χ2n) is 4.85. The number of hydrogen-bond acceptors (Lipinski definition) is 2. The van der Waals surface area contributed by atoms with Crippen molar-refractivity contribution >= 4 is 11.6 Å². The number of amides is 1. The number of carbonyl (C=O) groups excluding carboxylic acids is 1. The molecule has 1 unspecified atom stereocenters. The molecule has 98 valence electrons. The molecule has 0 bridgehead atoms. The highest BCUT2D eigenvalue weighted by Crippen LogP contribution is 2.35. The largest absolute Gasteiger partial charge is 0.398 e. The molecule has 2 rings (SSSR count). The lowest BCUT2D eigenvalue weighted by molar-refractivity contribution is 0.0728. The van der Waals surface area contributed by atoms with Gasteiger partial charge in [0.15, 0.2) is 11.6 Å². The molecule has 0 heterocycles. The molecule has 1 saturated carbocycles. The van der Waals surface area contributed by atoms with E-state index in [0.29, 0.717) is 5.92 Å². The zero-order valence-corrected chi connectivity index (χ0v) is 10.4. The molecule has 0 aromatic heterocycles. The minimum absolute atomic E-state index is 0.0175. The predicted molar refractivity (Wildman–Crippen MR) is 65.0 cm³/mol. The Bertz CT molecular complexity index is 486. The van der Waals surface area contributed by atoms with E-state index in [1.165, 1.54) is 0 Å². The molecule has 1 atom stereocenters. The summed E-state index contributed by atoms with van der Waals surface area (Å²) in [5.41, 5.74) is 5.55. The summed E-state index contributed by atoms with van der Waals surface area (Å²) >= 11 is 0. The van der Waals surface area contributed by atoms with Crippen LogP contribution in [0.2, 0.25) is 0 Å². The Morgan fingerprint density at radius 2 is 1.94 bits per heavy atom. The minimum atomic E-state index is -1.06. The minimum Gasteiger partial charge on any atom is -0.398 e. The first-order valence-electron chi connectivity index (χ1n) is 5.93. The van der Waals surface area contributed by atoms with Crippen LogP contribution in [-0.2, 0) is 0 Å². The van der Waals surface area contributed by atoms with Gasteiger partial charge in [-0.3, -0.25) is 4.79 Å². The molecule has 5 heteroatoms. The Morgan fingerprint density at radius 3 is 2.50 bits per heavy atom. The number of halogens is 2. The van der Waals surface area contributed by atoms with Crippen LogP contribution >= 0.6 is 0 Å². The quantitative estimate of drug-likeness (QED) is 0.842. The van der Waals surface area contributed by atoms with Gasteiger partial charge >= 0.3 is 0 Å². The van der Waals surface area contributed by atoms with Crippen molar-refractivity contribution in [2.45, 2.75) is 25.8 Å². The van der Waals surface area contributed by atoms with Gasteiger partial charge in [-0.25, -0.2) is 8.78 Å². The van der Waals surface area contributed by atoms with Crippen molar-refractivity contribution in [3.63, 3.8) is 0 Å². The lowest BCUT2D eigenvalue weighted by atomic mass is 10.1. The molecule has 1 aliphatic rings. The number of nitrogens with zero attached hydrogens (tertiary/aromatic N) is 1. The third-order valence-corrected chi connectivity index (χ3v) is 3.56. The van der Waals surface area contributed by atoms with Gasteiger partial charge < -0.3 is 10.6 Å². The van der Waals surface area contributed by atoms with Gasteiger partial charge in [-0.2, -0.15) is 0 Å². The molecule has 1 amide bonds. The maximum atomic E-state index is 13.2. The van der Waals surface area contributed by atoms with Gasteiger partial charge in [0.05, 0.1) is 5.56 Å². The van der Waals surface area contributed by atoms with Crippen LogP contribution in [-0.4, -0.2) is 23.9 Å². The molecule has 1 aliphatic carbocycles. The Labute approximate surface area is 105 Å². The van der Waals surface area contributed by atoms with Crippen molar-refractivity contribution < 1.29 is 13.6 Å². The van der Waals surface area contributed by atoms with Gasteiger partial charge in [-0.15, -0.1) is 0 Å². The van der Waals surface area contributed by atoms with Gasteiger partial charge in [0.1, 0.15) is 0 Å². The van der Waals surface area contributed by atoms with Gasteiger partial charge in [0, 0.05) is 24.8 Å². The molecule has 1 aromatic rings. The van der Waals surface area contributed by atoms with E-state index in [1.54, 1.807) is 11.9 Å². The molecule has 0 radical (unpaired) electrons. The zero-order chi connectivity index (χ0) is 13.4. The highest BCUT2D eigenvalue weighted by Gasteiger charge is 2.33. The molecule has 0 saturated heterocycles. The Kier molecular flexibility index (Phi) is 3.24. The van der Waals surface area contributed by atoms with Crippen LogP contribution in [0.4, 0.5) is 14.5 Å². The summed E-state index contributed by atoms with van der Waals surface area (Å²) in [7, 11) is 1.66. The second-order valence-corrected chi connectivity index (χ2v) is 4.85. The van der Waals surface area contributed by atoms with Crippen molar-refractivity contribution in [3.05, 3.63) is 29.3 Å². The van der Waals surface area contributed by atoms with E-state index in [0.717, 1.165) is 25.0 Å². The molecule has 1 aromatic carbocycles. The molecular formula is C13H16F2N2O. The van der Waals surface area contributed by atoms with Crippen LogP contribution in [0.1, 0.15) is 30.1 Å². The highest BCUT2D eigenvalue weighted by molar-refractivity contribution is 5.99. The molecule has 2 N–H and O–H groups in total. The second kappa shape index (κ2) is 4.55. The summed E-state index contributed by atoms with van der Waals surface area (Å²) in [6.45, 7) is 1.95. The van der Waals surface area contributed by atoms with Crippen molar-refractivity contribution in [1.29, 1.82) is 0 Å². The fourth-order valence-electron chi connectivity index (χ4n) is 2.02. The van der Waals surface area contributed by atoms with E-state index in [-0.39, 0.29) is 23.2 Å². The number of benzene rings is 1. The number of carbonyl (C=O) groups is 1. The van der Waals surface area contributed by atoms with E-state index in [9.17, 15) is 13.6 Å². The molecule has 0 aliphatic heterocycles. The van der Waals surface area contributed by atoms with Crippen LogP contribution < -0.4 is 5.73 Å². The summed E-state index contributed by atoms with van der Waals surface area (Å²) in [6.07, 6.45) is 2.21. The van der Waals surface area contributed by atoms with Gasteiger partial charge in [0.25, 0.3) is 5.91 Å². The van der Waals surface area contributed by atoms with E-state index in [1.807, 2.05) is 6.92 Å². The van der Waals surface area contributed by atoms with Crippen LogP contribution in [0.25, 0.3) is 0 Å². The summed E-state index contributed by atoms with van der Waals surface area (Å²) in [5, 5.41) is 0. The third kappa shape index (κ3) is 2.30. The van der Waals surface area contributed by atoms with E-state index in [4.69, 9.17) is 5.73 Å². The number of hydrogen-bond donors (Lipinski definition) is 1. The van der Waals surface area contributed by atoms with Crippen molar-refractivity contribution in [1.82, 2.24) is 4.90 Å². The predicted octanol–water partition coefficient (Wildman–Crippen LogP) is 2.42. The highest BCUT2D eigenvalue weighted by atomic mass is 19.2. The molecule has 3 nitrogen and oxygen atoms in total. The van der Waals surface area contributed by atoms with Crippen molar-refractivity contribution in [2.24, 2.45) is 5.92 Å². The molecule has 1 fully saturated rings. The number of nitrogens with two attached hydrogens (primary N) is 1. The van der Waals surface area contributed by atoms with Crippen LogP contribution in [0.3, 0.4) is 0 Å². The topological polar surface area (TPSA) is 46.3 Å². The summed E-state index contributed by atoms with van der Waals surface area (Å²) in [6, 6.07) is 1.80. The summed E-state index contributed by atoms with van der Waals surface area (Å²) in [5.74, 6) is -1.96. The average Bonchev–Trinajstić information content (AvgIpc) is 3.15. The van der Waals surface area contributed by atoms with Gasteiger partial charge in [-0.1, -0.05) is 0 Å². The SMILES string of the molecule is CC(C1CC1)N(C)C(=O)c1cc(F)c(F)cc1N. The Morgan fingerprint density at radius 1 is 1.39 bits per heavy atom. The van der Waals surface area contributed by atoms with Crippen LogP contribution in [0.15, 0.2) is 12.1 Å². The molecule has 18 heavy (non-hydrogen) atoms. The standard InChI is InChI=1S/C13H16F2N2O/c1-7(8-3-4-8)17(2)13(18)9-5-10(14)11(15)6-12(9)16/h5-8H,3-4,16H2,1-2H3. The normalized spacial score (nSPS) is 16.4. The first kappa shape index (κ1) is 12.8. The van der Waals surface area contributed by atoms with Gasteiger partial charge in [0.2, 0.25) is 0 Å². The fraction of sp³-hybridized carbons (Fsp3) is 0.462. The lowest BCUT2D eigenvalue weighted by Crippen LogP contribution is -2.36. The monoisotopic (exact) mass is 254 g/mol. The number of rotatable bonds is 3. The number of nitrogen functional groups attached to an aromatic ring is 1. The summed E-state index contributed by atoms with van der Waals surface area (Å²) in [4.78, 5) is 13.7. The molecule has 0 spiro atoms. The maximum Gasteiger partial charge on any atom is 0.256 e. The maximum absolute atomic E-state index is 13.2. The lowest BCUT2D eigenvalue weighted by Gasteiger charge is -2.25. The first-order chi connectivity index (χ1) is 8.41. The Hall–Kier alpha value is -1.65. The first-order valence-corrected chi connectivity index (χ1v) is 5.93. The smallest absolute Gasteiger partial charge is 0.256 e. The third-order valence-electron chi connectivity index (χ3n) is 3.56. The average molecular weight is 254 g/mol.